The molecule has 0 radical (unpaired) electrons. The Hall–Kier alpha value is -4.97. The highest BCUT2D eigenvalue weighted by atomic mass is 32.2. The van der Waals surface area contributed by atoms with Gasteiger partial charge in [-0.3, -0.25) is 29.9 Å². The molecule has 1 aromatic heterocycles. The first kappa shape index (κ1) is 25.7. The third-order valence-electron chi connectivity index (χ3n) is 6.15. The number of aromatic nitrogens is 1. The van der Waals surface area contributed by atoms with Gasteiger partial charge in [0.2, 0.25) is 0 Å². The summed E-state index contributed by atoms with van der Waals surface area (Å²) in [6.07, 6.45) is 4.05. The van der Waals surface area contributed by atoms with E-state index in [4.69, 9.17) is 4.74 Å². The Balaban J connectivity index is 1.48. The summed E-state index contributed by atoms with van der Waals surface area (Å²) in [5.74, 6) is -0.174. The van der Waals surface area contributed by atoms with Crippen molar-refractivity contribution in [3.05, 3.63) is 109 Å². The zero-order chi connectivity index (χ0) is 27.5. The van der Waals surface area contributed by atoms with E-state index in [0.717, 1.165) is 28.2 Å². The summed E-state index contributed by atoms with van der Waals surface area (Å²) in [5.41, 5.74) is 2.68. The van der Waals surface area contributed by atoms with Crippen LogP contribution in [0.4, 0.5) is 17.1 Å². The number of aromatic amines is 1. The molecule has 1 saturated heterocycles. The fourth-order valence-corrected chi connectivity index (χ4v) is 5.23. The number of amides is 1. The minimum absolute atomic E-state index is 0.0630. The molecule has 0 unspecified atom stereocenters. The summed E-state index contributed by atoms with van der Waals surface area (Å²) in [4.78, 5) is 44.7. The minimum Gasteiger partial charge on any atom is -0.490 e. The van der Waals surface area contributed by atoms with Gasteiger partial charge in [0.15, 0.2) is 10.9 Å². The van der Waals surface area contributed by atoms with Crippen LogP contribution in [0.3, 0.4) is 0 Å². The van der Waals surface area contributed by atoms with Crippen LogP contribution >= 0.6 is 11.8 Å². The molecule has 0 spiro atoms. The fourth-order valence-electron chi connectivity index (χ4n) is 4.21. The van der Waals surface area contributed by atoms with Crippen LogP contribution in [0.25, 0.3) is 17.0 Å². The van der Waals surface area contributed by atoms with E-state index < -0.39 is 9.85 Å². The number of rotatable bonds is 8. The standard InChI is InChI=1S/C27H21N5O6S/c1-38-24-11-6-17(14-23(24)32(36)37)15-25-26(33)30(13-12-18-16-28-22-5-3-2-4-21(18)22)27(39-25)29-19-7-9-20(10-8-19)31(34)35/h2-11,14-16,28H,12-13H2,1H3/b25-15-,29-27?. The Labute approximate surface area is 226 Å². The number of benzene rings is 3. The van der Waals surface area contributed by atoms with Crippen LogP contribution in [-0.4, -0.2) is 44.5 Å². The molecule has 1 N–H and O–H groups in total. The molecule has 1 aliphatic rings. The van der Waals surface area contributed by atoms with Crippen LogP contribution in [0.15, 0.2) is 82.8 Å². The molecule has 1 fully saturated rings. The molecule has 5 rings (SSSR count). The molecular formula is C27H21N5O6S. The Morgan fingerprint density at radius 3 is 2.54 bits per heavy atom. The molecule has 0 aliphatic carbocycles. The van der Waals surface area contributed by atoms with Crippen LogP contribution < -0.4 is 4.74 Å². The van der Waals surface area contributed by atoms with E-state index in [1.165, 1.54) is 43.5 Å². The maximum Gasteiger partial charge on any atom is 0.311 e. The van der Waals surface area contributed by atoms with E-state index in [1.807, 2.05) is 30.5 Å². The third-order valence-corrected chi connectivity index (χ3v) is 7.16. The summed E-state index contributed by atoms with van der Waals surface area (Å²) in [6, 6.07) is 18.1. The Kier molecular flexibility index (Phi) is 7.10. The molecule has 39 heavy (non-hydrogen) atoms. The highest BCUT2D eigenvalue weighted by Gasteiger charge is 2.33. The lowest BCUT2D eigenvalue weighted by molar-refractivity contribution is -0.385. The lowest BCUT2D eigenvalue weighted by Crippen LogP contribution is -2.31. The molecule has 0 saturated carbocycles. The van der Waals surface area contributed by atoms with E-state index in [9.17, 15) is 25.0 Å². The Morgan fingerprint density at radius 2 is 1.82 bits per heavy atom. The SMILES string of the molecule is COc1ccc(/C=C2\SC(=Nc3ccc([N+](=O)[O-])cc3)N(CCc3c[nH]c4ccccc34)C2=O)cc1[N+](=O)[O-]. The van der Waals surface area contributed by atoms with E-state index in [2.05, 4.69) is 9.98 Å². The number of H-pyrrole nitrogens is 1. The van der Waals surface area contributed by atoms with Crippen LogP contribution in [0.5, 0.6) is 5.75 Å². The number of ether oxygens (including phenoxy) is 1. The van der Waals surface area contributed by atoms with Crippen molar-refractivity contribution in [2.24, 2.45) is 4.99 Å². The number of carbonyl (C=O) groups is 1. The topological polar surface area (TPSA) is 144 Å². The summed E-state index contributed by atoms with van der Waals surface area (Å²) in [6.45, 7) is 0.333. The van der Waals surface area contributed by atoms with Gasteiger partial charge < -0.3 is 9.72 Å². The van der Waals surface area contributed by atoms with Gasteiger partial charge in [0, 0.05) is 41.8 Å². The van der Waals surface area contributed by atoms with Crippen molar-refractivity contribution in [2.75, 3.05) is 13.7 Å². The average molecular weight is 544 g/mol. The first-order valence-corrected chi connectivity index (χ1v) is 12.6. The number of nitrogens with zero attached hydrogens (tertiary/aromatic N) is 4. The third kappa shape index (κ3) is 5.36. The average Bonchev–Trinajstić information content (AvgIpc) is 3.47. The van der Waals surface area contributed by atoms with E-state index >= 15 is 0 Å². The van der Waals surface area contributed by atoms with Crippen molar-refractivity contribution in [2.45, 2.75) is 6.42 Å². The van der Waals surface area contributed by atoms with Crippen LogP contribution in [0, 0.1) is 20.2 Å². The summed E-state index contributed by atoms with van der Waals surface area (Å²) >= 11 is 1.14. The second-order valence-electron chi connectivity index (χ2n) is 8.53. The first-order chi connectivity index (χ1) is 18.8. The zero-order valence-electron chi connectivity index (χ0n) is 20.6. The van der Waals surface area contributed by atoms with Gasteiger partial charge in [-0.2, -0.15) is 0 Å². The van der Waals surface area contributed by atoms with Gasteiger partial charge in [0.05, 0.1) is 27.5 Å². The number of non-ortho nitro benzene ring substituents is 1. The minimum atomic E-state index is -0.542. The number of nitro benzene ring substituents is 2. The van der Waals surface area contributed by atoms with E-state index in [0.29, 0.717) is 34.3 Å². The summed E-state index contributed by atoms with van der Waals surface area (Å²) in [5, 5.41) is 23.9. The predicted molar refractivity (Wildman–Crippen MR) is 149 cm³/mol. The van der Waals surface area contributed by atoms with Crippen molar-refractivity contribution in [1.29, 1.82) is 0 Å². The number of fused-ring (bicyclic) bond motifs is 1. The second-order valence-corrected chi connectivity index (χ2v) is 9.54. The second kappa shape index (κ2) is 10.8. The molecule has 1 amide bonds. The van der Waals surface area contributed by atoms with Crippen LogP contribution in [0.2, 0.25) is 0 Å². The molecular weight excluding hydrogens is 522 g/mol. The van der Waals surface area contributed by atoms with E-state index in [1.54, 1.807) is 17.0 Å². The molecule has 196 valence electrons. The fraction of sp³-hybridized carbons (Fsp3) is 0.111. The van der Waals surface area contributed by atoms with Gasteiger partial charge in [0.1, 0.15) is 0 Å². The summed E-state index contributed by atoms with van der Waals surface area (Å²) in [7, 11) is 1.35. The quantitative estimate of drug-likeness (QED) is 0.167. The number of hydrogen-bond acceptors (Lipinski definition) is 8. The maximum atomic E-state index is 13.5. The van der Waals surface area contributed by atoms with E-state index in [-0.39, 0.29) is 23.0 Å². The van der Waals surface area contributed by atoms with Crippen molar-refractivity contribution < 1.29 is 19.4 Å². The Bertz CT molecular complexity index is 1660. The molecule has 1 aliphatic heterocycles. The number of nitro groups is 2. The number of thioether (sulfide) groups is 1. The number of carbonyl (C=O) groups excluding carboxylic acids is 1. The van der Waals surface area contributed by atoms with Crippen LogP contribution in [0.1, 0.15) is 11.1 Å². The maximum absolute atomic E-state index is 13.5. The van der Waals surface area contributed by atoms with Crippen molar-refractivity contribution in [1.82, 2.24) is 9.88 Å². The van der Waals surface area contributed by atoms with Crippen LogP contribution in [-0.2, 0) is 11.2 Å². The molecule has 0 bridgehead atoms. The predicted octanol–water partition coefficient (Wildman–Crippen LogP) is 5.84. The van der Waals surface area contributed by atoms with Gasteiger partial charge in [-0.05, 0) is 59.7 Å². The molecule has 11 nitrogen and oxygen atoms in total. The Morgan fingerprint density at radius 1 is 1.05 bits per heavy atom. The number of hydrogen-bond donors (Lipinski definition) is 1. The number of nitrogens with one attached hydrogen (secondary N) is 1. The highest BCUT2D eigenvalue weighted by Crippen LogP contribution is 2.36. The number of aliphatic imine (C=N–C) groups is 1. The lowest BCUT2D eigenvalue weighted by Gasteiger charge is -2.15. The molecule has 4 aromatic rings. The van der Waals surface area contributed by atoms with Crippen molar-refractivity contribution >= 4 is 56.9 Å². The van der Waals surface area contributed by atoms with Gasteiger partial charge >= 0.3 is 5.69 Å². The molecule has 12 heteroatoms. The monoisotopic (exact) mass is 543 g/mol. The normalized spacial score (nSPS) is 15.4. The number of methoxy groups -OCH3 is 1. The zero-order valence-corrected chi connectivity index (χ0v) is 21.4. The van der Waals surface area contributed by atoms with Gasteiger partial charge in [-0.15, -0.1) is 0 Å². The molecule has 0 atom stereocenters. The summed E-state index contributed by atoms with van der Waals surface area (Å²) < 4.78 is 5.07. The van der Waals surface area contributed by atoms with Crippen molar-refractivity contribution in [3.8, 4) is 5.75 Å². The number of para-hydroxylation sites is 1. The van der Waals surface area contributed by atoms with Gasteiger partial charge in [-0.1, -0.05) is 24.3 Å². The molecule has 3 aromatic carbocycles. The van der Waals surface area contributed by atoms with Gasteiger partial charge in [-0.25, -0.2) is 4.99 Å². The largest absolute Gasteiger partial charge is 0.490 e. The smallest absolute Gasteiger partial charge is 0.311 e. The highest BCUT2D eigenvalue weighted by molar-refractivity contribution is 8.18. The van der Waals surface area contributed by atoms with Crippen molar-refractivity contribution in [3.63, 3.8) is 0 Å². The first-order valence-electron chi connectivity index (χ1n) is 11.8. The molecule has 2 heterocycles. The lowest BCUT2D eigenvalue weighted by atomic mass is 10.1. The van der Waals surface area contributed by atoms with Gasteiger partial charge in [0.25, 0.3) is 11.6 Å². The number of amidine groups is 1.